The Balaban J connectivity index is 2.93. The zero-order valence-corrected chi connectivity index (χ0v) is 7.29. The molecule has 1 aromatic rings. The molecular formula is C8H7Cl2F. The molecular weight excluding hydrogens is 186 g/mol. The Bertz CT molecular complexity index is 248. The van der Waals surface area contributed by atoms with Crippen LogP contribution in [0.2, 0.25) is 5.02 Å². The van der Waals surface area contributed by atoms with E-state index in [4.69, 9.17) is 23.2 Å². The standard InChI is InChI=1S/C8H7Cl2F/c9-4-3-6-5-7(10)1-2-8(6)11/h1-2,5H,3-4H2. The summed E-state index contributed by atoms with van der Waals surface area (Å²) in [6, 6.07) is 4.47. The van der Waals surface area contributed by atoms with Gasteiger partial charge in [0.05, 0.1) is 0 Å². The SMILES string of the molecule is Fc1ccc(Cl)cc1CCCl. The maximum atomic E-state index is 12.8. The van der Waals surface area contributed by atoms with E-state index >= 15 is 0 Å². The van der Waals surface area contributed by atoms with E-state index in [1.54, 1.807) is 6.07 Å². The van der Waals surface area contributed by atoms with E-state index in [0.717, 1.165) is 0 Å². The summed E-state index contributed by atoms with van der Waals surface area (Å²) in [6.45, 7) is 0. The Morgan fingerprint density at radius 3 is 2.73 bits per heavy atom. The summed E-state index contributed by atoms with van der Waals surface area (Å²) in [5, 5.41) is 0.548. The van der Waals surface area contributed by atoms with Gasteiger partial charge >= 0.3 is 0 Å². The first-order valence-corrected chi connectivity index (χ1v) is 4.15. The lowest BCUT2D eigenvalue weighted by molar-refractivity contribution is 0.612. The molecule has 0 amide bonds. The van der Waals surface area contributed by atoms with Crippen molar-refractivity contribution in [2.75, 3.05) is 5.88 Å². The van der Waals surface area contributed by atoms with E-state index in [9.17, 15) is 4.39 Å². The predicted molar refractivity (Wildman–Crippen MR) is 45.8 cm³/mol. The lowest BCUT2D eigenvalue weighted by atomic mass is 10.2. The van der Waals surface area contributed by atoms with Crippen LogP contribution in [-0.2, 0) is 6.42 Å². The van der Waals surface area contributed by atoms with Gasteiger partial charge in [-0.2, -0.15) is 0 Å². The number of halogens is 3. The van der Waals surface area contributed by atoms with Gasteiger partial charge in [0.25, 0.3) is 0 Å². The second-order valence-electron chi connectivity index (χ2n) is 2.17. The average molecular weight is 193 g/mol. The fraction of sp³-hybridized carbons (Fsp3) is 0.250. The first kappa shape index (κ1) is 8.82. The topological polar surface area (TPSA) is 0 Å². The highest BCUT2D eigenvalue weighted by Crippen LogP contribution is 2.15. The molecule has 0 atom stereocenters. The van der Waals surface area contributed by atoms with E-state index in [1.807, 2.05) is 0 Å². The summed E-state index contributed by atoms with van der Waals surface area (Å²) in [6.07, 6.45) is 0.522. The van der Waals surface area contributed by atoms with Gasteiger partial charge in [0, 0.05) is 10.9 Å². The summed E-state index contributed by atoms with van der Waals surface area (Å²) < 4.78 is 12.8. The molecule has 11 heavy (non-hydrogen) atoms. The van der Waals surface area contributed by atoms with Crippen LogP contribution < -0.4 is 0 Å². The van der Waals surface area contributed by atoms with Crippen molar-refractivity contribution in [1.29, 1.82) is 0 Å². The lowest BCUT2D eigenvalue weighted by Gasteiger charge is -1.99. The van der Waals surface area contributed by atoms with Crippen molar-refractivity contribution < 1.29 is 4.39 Å². The van der Waals surface area contributed by atoms with Crippen molar-refractivity contribution in [1.82, 2.24) is 0 Å². The zero-order valence-electron chi connectivity index (χ0n) is 5.78. The van der Waals surface area contributed by atoms with Crippen molar-refractivity contribution in [3.8, 4) is 0 Å². The van der Waals surface area contributed by atoms with Crippen LogP contribution in [0.4, 0.5) is 4.39 Å². The molecule has 0 unspecified atom stereocenters. The number of aryl methyl sites for hydroxylation is 1. The minimum absolute atomic E-state index is 0.241. The molecule has 0 heterocycles. The number of benzene rings is 1. The molecule has 0 saturated heterocycles. The minimum atomic E-state index is -0.241. The highest BCUT2D eigenvalue weighted by Gasteiger charge is 2.00. The highest BCUT2D eigenvalue weighted by atomic mass is 35.5. The Morgan fingerprint density at radius 1 is 1.36 bits per heavy atom. The summed E-state index contributed by atoms with van der Waals surface area (Å²) >= 11 is 11.1. The van der Waals surface area contributed by atoms with Crippen LogP contribution in [0.25, 0.3) is 0 Å². The van der Waals surface area contributed by atoms with Gasteiger partial charge in [-0.05, 0) is 30.2 Å². The zero-order chi connectivity index (χ0) is 8.27. The van der Waals surface area contributed by atoms with Crippen LogP contribution in [0.1, 0.15) is 5.56 Å². The molecule has 0 nitrogen and oxygen atoms in total. The number of alkyl halides is 1. The third kappa shape index (κ3) is 2.35. The van der Waals surface area contributed by atoms with Crippen LogP contribution in [0.3, 0.4) is 0 Å². The van der Waals surface area contributed by atoms with Gasteiger partial charge in [0.1, 0.15) is 5.82 Å². The van der Waals surface area contributed by atoms with E-state index in [2.05, 4.69) is 0 Å². The third-order valence-corrected chi connectivity index (χ3v) is 1.80. The van der Waals surface area contributed by atoms with Gasteiger partial charge in [-0.1, -0.05) is 11.6 Å². The molecule has 0 aliphatic carbocycles. The van der Waals surface area contributed by atoms with Crippen molar-refractivity contribution in [2.45, 2.75) is 6.42 Å². The quantitative estimate of drug-likeness (QED) is 0.632. The van der Waals surface area contributed by atoms with E-state index < -0.39 is 0 Å². The van der Waals surface area contributed by atoms with Crippen molar-refractivity contribution in [2.24, 2.45) is 0 Å². The Morgan fingerprint density at radius 2 is 2.09 bits per heavy atom. The summed E-state index contributed by atoms with van der Waals surface area (Å²) in [4.78, 5) is 0. The van der Waals surface area contributed by atoms with Crippen LogP contribution in [0.5, 0.6) is 0 Å². The number of hydrogen-bond donors (Lipinski definition) is 0. The van der Waals surface area contributed by atoms with Gasteiger partial charge in [0.2, 0.25) is 0 Å². The Hall–Kier alpha value is -0.270. The molecule has 0 N–H and O–H groups in total. The molecule has 1 rings (SSSR count). The normalized spacial score (nSPS) is 10.1. The monoisotopic (exact) mass is 192 g/mol. The fourth-order valence-electron chi connectivity index (χ4n) is 0.837. The molecule has 0 radical (unpaired) electrons. The average Bonchev–Trinajstić information content (AvgIpc) is 1.98. The molecule has 3 heteroatoms. The van der Waals surface area contributed by atoms with Gasteiger partial charge in [-0.3, -0.25) is 0 Å². The first-order valence-electron chi connectivity index (χ1n) is 3.24. The summed E-state index contributed by atoms with van der Waals surface area (Å²) in [7, 11) is 0. The van der Waals surface area contributed by atoms with Crippen LogP contribution in [0.15, 0.2) is 18.2 Å². The molecule has 0 aliphatic heterocycles. The fourth-order valence-corrected chi connectivity index (χ4v) is 1.23. The van der Waals surface area contributed by atoms with Crippen LogP contribution >= 0.6 is 23.2 Å². The molecule has 60 valence electrons. The number of rotatable bonds is 2. The smallest absolute Gasteiger partial charge is 0.126 e. The maximum absolute atomic E-state index is 12.8. The van der Waals surface area contributed by atoms with E-state index in [0.29, 0.717) is 22.9 Å². The molecule has 1 aromatic carbocycles. The predicted octanol–water partition coefficient (Wildman–Crippen LogP) is 3.26. The summed E-state index contributed by atoms with van der Waals surface area (Å²) in [5.41, 5.74) is 0.576. The van der Waals surface area contributed by atoms with E-state index in [-0.39, 0.29) is 5.82 Å². The second kappa shape index (κ2) is 3.93. The van der Waals surface area contributed by atoms with Crippen molar-refractivity contribution >= 4 is 23.2 Å². The largest absolute Gasteiger partial charge is 0.207 e. The van der Waals surface area contributed by atoms with Crippen LogP contribution in [0, 0.1) is 5.82 Å². The molecule has 0 spiro atoms. The van der Waals surface area contributed by atoms with Gasteiger partial charge in [-0.15, -0.1) is 11.6 Å². The molecule has 0 fully saturated rings. The molecule has 0 saturated carbocycles. The van der Waals surface area contributed by atoms with Gasteiger partial charge in [0.15, 0.2) is 0 Å². The lowest BCUT2D eigenvalue weighted by Crippen LogP contribution is -1.90. The van der Waals surface area contributed by atoms with Crippen molar-refractivity contribution in [3.63, 3.8) is 0 Å². The molecule has 0 aliphatic rings. The highest BCUT2D eigenvalue weighted by molar-refractivity contribution is 6.30. The first-order chi connectivity index (χ1) is 5.24. The maximum Gasteiger partial charge on any atom is 0.126 e. The molecule has 0 aromatic heterocycles. The second-order valence-corrected chi connectivity index (χ2v) is 2.99. The van der Waals surface area contributed by atoms with E-state index in [1.165, 1.54) is 12.1 Å². The Kier molecular flexibility index (Phi) is 3.16. The minimum Gasteiger partial charge on any atom is -0.207 e. The summed E-state index contributed by atoms with van der Waals surface area (Å²) in [5.74, 6) is 0.173. The third-order valence-electron chi connectivity index (χ3n) is 1.37. The molecule has 0 bridgehead atoms. The van der Waals surface area contributed by atoms with Gasteiger partial charge < -0.3 is 0 Å². The Labute approximate surface area is 74.9 Å². The van der Waals surface area contributed by atoms with Gasteiger partial charge in [-0.25, -0.2) is 4.39 Å². The van der Waals surface area contributed by atoms with Crippen LogP contribution in [-0.4, -0.2) is 5.88 Å². The van der Waals surface area contributed by atoms with Crippen molar-refractivity contribution in [3.05, 3.63) is 34.6 Å². The number of hydrogen-bond acceptors (Lipinski definition) is 0.